The smallest absolute Gasteiger partial charge is 0.506 e. The Morgan fingerprint density at radius 3 is 2.21 bits per heavy atom. The van der Waals surface area contributed by atoms with Crippen molar-refractivity contribution in [3.63, 3.8) is 0 Å². The van der Waals surface area contributed by atoms with Gasteiger partial charge in [-0.1, -0.05) is 30.3 Å². The van der Waals surface area contributed by atoms with Crippen molar-refractivity contribution >= 4 is 34.2 Å². The lowest BCUT2D eigenvalue weighted by Crippen LogP contribution is -2.20. The van der Waals surface area contributed by atoms with Crippen molar-refractivity contribution in [1.82, 2.24) is 0 Å². The van der Waals surface area contributed by atoms with E-state index in [0.717, 1.165) is 16.4 Å². The van der Waals surface area contributed by atoms with Gasteiger partial charge < -0.3 is 15.2 Å². The number of aromatic hydroxyl groups is 1. The maximum atomic E-state index is 13.3. The molecule has 4 aromatic rings. The highest BCUT2D eigenvalue weighted by Gasteiger charge is 2.32. The van der Waals surface area contributed by atoms with Gasteiger partial charge >= 0.3 is 6.36 Å². The predicted molar refractivity (Wildman–Crippen MR) is 134 cm³/mol. The minimum Gasteiger partial charge on any atom is -0.506 e. The van der Waals surface area contributed by atoms with Crippen LogP contribution in [0.5, 0.6) is 11.5 Å². The molecule has 196 valence electrons. The topological polar surface area (TPSA) is 99.1 Å². The summed E-state index contributed by atoms with van der Waals surface area (Å²) in [5.41, 5.74) is 0.863. The molecule has 0 aliphatic heterocycles. The number of halogens is 4. The number of anilines is 3. The first-order valence-corrected chi connectivity index (χ1v) is 11.8. The quantitative estimate of drug-likeness (QED) is 0.137. The first kappa shape index (κ1) is 26.6. The van der Waals surface area contributed by atoms with Gasteiger partial charge in [-0.05, 0) is 66.2 Å². The van der Waals surface area contributed by atoms with Crippen LogP contribution >= 0.6 is 0 Å². The van der Waals surface area contributed by atoms with Gasteiger partial charge in [0.2, 0.25) is 0 Å². The summed E-state index contributed by atoms with van der Waals surface area (Å²) in [5.74, 6) is -1.92. The number of para-hydroxylation sites is 1. The second-order valence-corrected chi connectivity index (χ2v) is 8.61. The summed E-state index contributed by atoms with van der Waals surface area (Å²) in [6.45, 7) is 0. The van der Waals surface area contributed by atoms with Crippen LogP contribution < -0.4 is 14.4 Å². The molecule has 0 saturated heterocycles. The average Bonchev–Trinajstić information content (AvgIpc) is 2.86. The van der Waals surface area contributed by atoms with E-state index in [1.807, 2.05) is 0 Å². The minimum atomic E-state index is -4.87. The van der Waals surface area contributed by atoms with Gasteiger partial charge in [0.15, 0.2) is 0 Å². The number of ether oxygens (including phenoxy) is 1. The van der Waals surface area contributed by atoms with Crippen molar-refractivity contribution in [2.45, 2.75) is 6.36 Å². The zero-order chi connectivity index (χ0) is 27.4. The number of phenols is 1. The number of rotatable bonds is 7. The van der Waals surface area contributed by atoms with Crippen molar-refractivity contribution in [1.29, 1.82) is 0 Å². The average molecular weight is 546 g/mol. The number of alkyl halides is 3. The fraction of sp³-hybridized carbons (Fsp3) is 0.0385. The molecule has 1 unspecified atom stereocenters. The Hall–Kier alpha value is -4.42. The summed E-state index contributed by atoms with van der Waals surface area (Å²) < 4.78 is 78.2. The summed E-state index contributed by atoms with van der Waals surface area (Å²) in [6.07, 6.45) is -4.87. The van der Waals surface area contributed by atoms with E-state index in [1.54, 1.807) is 6.07 Å². The van der Waals surface area contributed by atoms with Gasteiger partial charge in [0.1, 0.15) is 23.0 Å². The van der Waals surface area contributed by atoms with E-state index < -0.39 is 29.4 Å². The van der Waals surface area contributed by atoms with Gasteiger partial charge in [-0.25, -0.2) is 12.9 Å². The van der Waals surface area contributed by atoms with E-state index in [0.29, 0.717) is 5.56 Å². The number of nitrogens with one attached hydrogen (secondary N) is 1. The Labute approximate surface area is 216 Å². The fourth-order valence-electron chi connectivity index (χ4n) is 3.58. The molecular weight excluding hydrogens is 528 g/mol. The molecule has 0 fully saturated rings. The van der Waals surface area contributed by atoms with Crippen LogP contribution in [0, 0.1) is 5.82 Å². The Morgan fingerprint density at radius 1 is 0.921 bits per heavy atom. The molecule has 0 aliphatic rings. The fourth-order valence-corrected chi connectivity index (χ4v) is 4.19. The van der Waals surface area contributed by atoms with Gasteiger partial charge in [-0.3, -0.25) is 9.35 Å². The van der Waals surface area contributed by atoms with Gasteiger partial charge in [0, 0.05) is 16.8 Å². The lowest BCUT2D eigenvalue weighted by Gasteiger charge is -2.21. The molecule has 1 atom stereocenters. The third-order valence-corrected chi connectivity index (χ3v) is 5.96. The number of amides is 1. The molecule has 0 radical (unpaired) electrons. The molecule has 7 nitrogen and oxygen atoms in total. The normalized spacial score (nSPS) is 12.0. The van der Waals surface area contributed by atoms with Crippen molar-refractivity contribution in [3.05, 3.63) is 102 Å². The Bertz CT molecular complexity index is 1480. The largest absolute Gasteiger partial charge is 0.573 e. The van der Waals surface area contributed by atoms with E-state index >= 15 is 0 Å². The summed E-state index contributed by atoms with van der Waals surface area (Å²) in [4.78, 5) is 12.8. The molecule has 0 aromatic heterocycles. The monoisotopic (exact) mass is 546 g/mol. The van der Waals surface area contributed by atoms with Crippen molar-refractivity contribution in [2.75, 3.05) is 9.62 Å². The second-order valence-electron chi connectivity index (χ2n) is 7.78. The molecule has 0 aliphatic carbocycles. The third-order valence-electron chi connectivity index (χ3n) is 5.24. The summed E-state index contributed by atoms with van der Waals surface area (Å²) >= 11 is -2.65. The maximum absolute atomic E-state index is 13.3. The Balaban J connectivity index is 1.56. The third kappa shape index (κ3) is 6.28. The highest BCUT2D eigenvalue weighted by Crippen LogP contribution is 2.37. The maximum Gasteiger partial charge on any atom is 0.573 e. The molecule has 0 heterocycles. The second kappa shape index (κ2) is 10.9. The van der Waals surface area contributed by atoms with Gasteiger partial charge in [0.05, 0.1) is 5.69 Å². The molecule has 0 bridgehead atoms. The highest BCUT2D eigenvalue weighted by atomic mass is 32.2. The number of nitrogens with zero attached hydrogens (tertiary/aromatic N) is 1. The molecular formula is C26H18F4N2O5S. The molecule has 3 N–H and O–H groups in total. The van der Waals surface area contributed by atoms with Crippen LogP contribution in [-0.4, -0.2) is 26.1 Å². The van der Waals surface area contributed by atoms with E-state index in [1.165, 1.54) is 72.8 Å². The van der Waals surface area contributed by atoms with Gasteiger partial charge in [0.25, 0.3) is 17.2 Å². The number of carbonyl (C=O) groups excluding carboxylic acids is 1. The van der Waals surface area contributed by atoms with Gasteiger partial charge in [-0.15, -0.1) is 13.2 Å². The number of hydrogen-bond acceptors (Lipinski definition) is 4. The minimum absolute atomic E-state index is 0.108. The van der Waals surface area contributed by atoms with E-state index in [4.69, 9.17) is 0 Å². The predicted octanol–water partition coefficient (Wildman–Crippen LogP) is 6.62. The zero-order valence-corrected chi connectivity index (χ0v) is 20.0. The molecule has 0 spiro atoms. The SMILES string of the molecule is O=C(Nc1ccc(O)c(N(c2ccc(F)cc2)S(=O)O)c1)c1ccc(-c2ccccc2OC(F)(F)F)cc1. The number of hydrogen-bond donors (Lipinski definition) is 3. The van der Waals surface area contributed by atoms with Crippen LogP contribution in [0.2, 0.25) is 0 Å². The molecule has 1 amide bonds. The summed E-state index contributed by atoms with van der Waals surface area (Å²) in [6, 6.07) is 19.8. The number of carbonyl (C=O) groups is 1. The van der Waals surface area contributed by atoms with Crippen molar-refractivity contribution in [2.24, 2.45) is 0 Å². The van der Waals surface area contributed by atoms with E-state index in [2.05, 4.69) is 10.1 Å². The zero-order valence-electron chi connectivity index (χ0n) is 19.1. The van der Waals surface area contributed by atoms with Crippen LogP contribution in [0.1, 0.15) is 10.4 Å². The Morgan fingerprint density at radius 2 is 1.58 bits per heavy atom. The van der Waals surface area contributed by atoms with Crippen LogP contribution in [-0.2, 0) is 11.3 Å². The number of benzene rings is 4. The van der Waals surface area contributed by atoms with Crippen molar-refractivity contribution < 1.29 is 41.0 Å². The number of phenolic OH excluding ortho intramolecular Hbond substituents is 1. The molecule has 0 saturated carbocycles. The Kier molecular flexibility index (Phi) is 7.65. The molecule has 12 heteroatoms. The lowest BCUT2D eigenvalue weighted by molar-refractivity contribution is -0.274. The molecule has 38 heavy (non-hydrogen) atoms. The van der Waals surface area contributed by atoms with E-state index in [9.17, 15) is 36.2 Å². The van der Waals surface area contributed by atoms with Crippen LogP contribution in [0.25, 0.3) is 11.1 Å². The first-order chi connectivity index (χ1) is 18.0. The van der Waals surface area contributed by atoms with Crippen LogP contribution in [0.15, 0.2) is 91.0 Å². The van der Waals surface area contributed by atoms with Crippen LogP contribution in [0.3, 0.4) is 0 Å². The summed E-state index contributed by atoms with van der Waals surface area (Å²) in [7, 11) is 0. The summed E-state index contributed by atoms with van der Waals surface area (Å²) in [5, 5.41) is 12.9. The molecule has 4 aromatic carbocycles. The standard InChI is InChI=1S/C26H18F4N2O5S/c27-18-9-12-20(13-10-18)32(38(35)36)22-15-19(11-14-23(22)33)31-25(34)17-7-5-16(6-8-17)21-3-1-2-4-24(21)37-26(28,29)30/h1-15,33H,(H,31,34)(H,35,36). The highest BCUT2D eigenvalue weighted by molar-refractivity contribution is 7.81. The van der Waals surface area contributed by atoms with Crippen molar-refractivity contribution in [3.8, 4) is 22.6 Å². The lowest BCUT2D eigenvalue weighted by atomic mass is 10.0. The molecule has 4 rings (SSSR count). The van der Waals surface area contributed by atoms with E-state index in [-0.39, 0.29) is 39.7 Å². The first-order valence-electron chi connectivity index (χ1n) is 10.8. The van der Waals surface area contributed by atoms with Crippen LogP contribution in [0.4, 0.5) is 34.6 Å². The van der Waals surface area contributed by atoms with Gasteiger partial charge in [-0.2, -0.15) is 0 Å².